The second-order valence-electron chi connectivity index (χ2n) is 10.0. The van der Waals surface area contributed by atoms with Crippen LogP contribution in [0.4, 0.5) is 4.39 Å². The second-order valence-corrected chi connectivity index (χ2v) is 10.0. The third-order valence-corrected chi connectivity index (χ3v) is 7.02. The van der Waals surface area contributed by atoms with Gasteiger partial charge in [0.15, 0.2) is 0 Å². The Morgan fingerprint density at radius 3 is 2.86 bits per heavy atom. The molecule has 1 N–H and O–H groups in total. The third kappa shape index (κ3) is 6.08. The molecule has 7 heteroatoms. The second kappa shape index (κ2) is 11.3. The Morgan fingerprint density at radius 2 is 2.14 bits per heavy atom. The van der Waals surface area contributed by atoms with Gasteiger partial charge in [0.25, 0.3) is 5.91 Å². The summed E-state index contributed by atoms with van der Waals surface area (Å²) in [6.45, 7) is 5.42. The van der Waals surface area contributed by atoms with Crippen LogP contribution in [0.3, 0.4) is 0 Å². The standard InChI is InChI=1S/C28H36FN3O3/c1-19-15-32(20(2)18-33)28(34)25-13-23(22-9-5-4-6-10-22)14-30-27(25)35-26(19)17-31(3)16-21-8-7-11-24(29)12-21/h7-9,11-14,19-20,26,33H,4-6,10,15-18H2,1-3H3/t19-,20+,26-/m0/s1. The summed E-state index contributed by atoms with van der Waals surface area (Å²) >= 11 is 0. The van der Waals surface area contributed by atoms with Crippen molar-refractivity contribution in [3.63, 3.8) is 0 Å². The molecule has 0 bridgehead atoms. The van der Waals surface area contributed by atoms with Crippen molar-refractivity contribution >= 4 is 11.5 Å². The summed E-state index contributed by atoms with van der Waals surface area (Å²) in [5, 5.41) is 9.87. The number of aliphatic hydroxyl groups is 1. The highest BCUT2D eigenvalue weighted by molar-refractivity contribution is 5.97. The van der Waals surface area contributed by atoms with Gasteiger partial charge in [-0.2, -0.15) is 0 Å². The predicted molar refractivity (Wildman–Crippen MR) is 135 cm³/mol. The fourth-order valence-corrected chi connectivity index (χ4v) is 4.91. The van der Waals surface area contributed by atoms with Gasteiger partial charge in [0, 0.05) is 31.7 Å². The Bertz CT molecular complexity index is 1070. The molecule has 4 rings (SSSR count). The highest BCUT2D eigenvalue weighted by Gasteiger charge is 2.34. The molecule has 1 amide bonds. The number of rotatable bonds is 7. The van der Waals surface area contributed by atoms with Gasteiger partial charge in [-0.3, -0.25) is 9.69 Å². The Hall–Kier alpha value is -2.77. The van der Waals surface area contributed by atoms with E-state index in [4.69, 9.17) is 4.74 Å². The Labute approximate surface area is 207 Å². The minimum Gasteiger partial charge on any atom is -0.472 e. The molecular weight excluding hydrogens is 445 g/mol. The predicted octanol–water partition coefficient (Wildman–Crippen LogP) is 4.53. The van der Waals surface area contributed by atoms with Crippen molar-refractivity contribution in [3.05, 3.63) is 65.1 Å². The minimum absolute atomic E-state index is 0.00131. The van der Waals surface area contributed by atoms with Crippen LogP contribution in [0.1, 0.15) is 61.0 Å². The van der Waals surface area contributed by atoms with E-state index in [0.29, 0.717) is 31.1 Å². The van der Waals surface area contributed by atoms with Crippen LogP contribution >= 0.6 is 0 Å². The van der Waals surface area contributed by atoms with Gasteiger partial charge in [-0.15, -0.1) is 0 Å². The number of aliphatic hydroxyl groups excluding tert-OH is 1. The smallest absolute Gasteiger partial charge is 0.259 e. The van der Waals surface area contributed by atoms with Crippen LogP contribution in [-0.2, 0) is 6.54 Å². The summed E-state index contributed by atoms with van der Waals surface area (Å²) in [7, 11) is 1.98. The molecule has 6 nitrogen and oxygen atoms in total. The van der Waals surface area contributed by atoms with Gasteiger partial charge < -0.3 is 14.7 Å². The first-order chi connectivity index (χ1) is 16.9. The molecular formula is C28H36FN3O3. The van der Waals surface area contributed by atoms with Crippen molar-refractivity contribution in [2.24, 2.45) is 5.92 Å². The summed E-state index contributed by atoms with van der Waals surface area (Å²) in [6.07, 6.45) is 8.16. The van der Waals surface area contributed by atoms with E-state index < -0.39 is 0 Å². The van der Waals surface area contributed by atoms with Crippen molar-refractivity contribution in [3.8, 4) is 5.88 Å². The van der Waals surface area contributed by atoms with Gasteiger partial charge >= 0.3 is 0 Å². The van der Waals surface area contributed by atoms with Crippen LogP contribution in [0.15, 0.2) is 42.6 Å². The lowest BCUT2D eigenvalue weighted by Crippen LogP contribution is -2.49. The van der Waals surface area contributed by atoms with Crippen LogP contribution in [0.5, 0.6) is 5.88 Å². The molecule has 3 atom stereocenters. The number of likely N-dealkylation sites (N-methyl/N-ethyl adjacent to an activating group) is 1. The van der Waals surface area contributed by atoms with Gasteiger partial charge in [-0.05, 0) is 74.6 Å². The van der Waals surface area contributed by atoms with E-state index in [1.165, 1.54) is 18.1 Å². The van der Waals surface area contributed by atoms with E-state index in [2.05, 4.69) is 22.9 Å². The molecule has 1 aliphatic heterocycles. The number of fused-ring (bicyclic) bond motifs is 1. The van der Waals surface area contributed by atoms with Crippen molar-refractivity contribution in [1.29, 1.82) is 0 Å². The summed E-state index contributed by atoms with van der Waals surface area (Å²) in [6, 6.07) is 8.19. The molecule has 0 unspecified atom stereocenters. The first kappa shape index (κ1) is 25.3. The van der Waals surface area contributed by atoms with Gasteiger partial charge in [0.2, 0.25) is 5.88 Å². The van der Waals surface area contributed by atoms with E-state index in [9.17, 15) is 14.3 Å². The van der Waals surface area contributed by atoms with Crippen molar-refractivity contribution in [1.82, 2.24) is 14.8 Å². The maximum atomic E-state index is 13.6. The number of hydrogen-bond donors (Lipinski definition) is 1. The zero-order chi connectivity index (χ0) is 24.9. The van der Waals surface area contributed by atoms with Gasteiger partial charge in [-0.1, -0.05) is 25.1 Å². The molecule has 0 saturated heterocycles. The van der Waals surface area contributed by atoms with Crippen LogP contribution < -0.4 is 4.74 Å². The number of benzene rings is 1. The number of amides is 1. The molecule has 188 valence electrons. The van der Waals surface area contributed by atoms with E-state index in [-0.39, 0.29) is 36.4 Å². The molecule has 1 aliphatic carbocycles. The average Bonchev–Trinajstić information content (AvgIpc) is 2.86. The quantitative estimate of drug-likeness (QED) is 0.630. The van der Waals surface area contributed by atoms with Crippen LogP contribution in [0, 0.1) is 11.7 Å². The molecule has 2 aliphatic rings. The monoisotopic (exact) mass is 481 g/mol. The number of nitrogens with zero attached hydrogens (tertiary/aromatic N) is 3. The van der Waals surface area contributed by atoms with E-state index in [1.54, 1.807) is 17.0 Å². The fraction of sp³-hybridized carbons (Fsp3) is 0.500. The lowest BCUT2D eigenvalue weighted by molar-refractivity contribution is 0.0325. The molecule has 0 fully saturated rings. The highest BCUT2D eigenvalue weighted by Crippen LogP contribution is 2.32. The molecule has 1 aromatic carbocycles. The lowest BCUT2D eigenvalue weighted by atomic mass is 9.93. The molecule has 2 aromatic rings. The number of aromatic nitrogens is 1. The van der Waals surface area contributed by atoms with E-state index >= 15 is 0 Å². The van der Waals surface area contributed by atoms with Crippen molar-refractivity contribution in [2.75, 3.05) is 26.7 Å². The number of allylic oxidation sites excluding steroid dienone is 2. The maximum absolute atomic E-state index is 13.6. The number of halogens is 1. The number of ether oxygens (including phenoxy) is 1. The van der Waals surface area contributed by atoms with Crippen LogP contribution in [-0.4, -0.2) is 64.7 Å². The minimum atomic E-state index is -0.320. The average molecular weight is 482 g/mol. The molecule has 1 aromatic heterocycles. The van der Waals surface area contributed by atoms with Gasteiger partial charge in [0.05, 0.1) is 12.6 Å². The molecule has 2 heterocycles. The zero-order valence-electron chi connectivity index (χ0n) is 20.9. The number of carbonyl (C=O) groups is 1. The Morgan fingerprint density at radius 1 is 1.31 bits per heavy atom. The highest BCUT2D eigenvalue weighted by atomic mass is 19.1. The maximum Gasteiger partial charge on any atom is 0.259 e. The third-order valence-electron chi connectivity index (χ3n) is 7.02. The summed E-state index contributed by atoms with van der Waals surface area (Å²) in [5.41, 5.74) is 3.52. The summed E-state index contributed by atoms with van der Waals surface area (Å²) in [5.74, 6) is -0.0778. The normalized spacial score (nSPS) is 21.6. The SMILES string of the molecule is C[C@H](CO)N1C[C@H](C)[C@H](CN(C)Cc2cccc(F)c2)Oc2ncc(C3=CCCCC3)cc2C1=O. The Balaban J connectivity index is 1.62. The largest absolute Gasteiger partial charge is 0.472 e. The first-order valence-corrected chi connectivity index (χ1v) is 12.6. The molecule has 0 radical (unpaired) electrons. The van der Waals surface area contributed by atoms with Crippen LogP contribution in [0.25, 0.3) is 5.57 Å². The zero-order valence-corrected chi connectivity index (χ0v) is 20.9. The topological polar surface area (TPSA) is 65.9 Å². The molecule has 0 spiro atoms. The van der Waals surface area contributed by atoms with Gasteiger partial charge in [-0.25, -0.2) is 9.37 Å². The van der Waals surface area contributed by atoms with E-state index in [0.717, 1.165) is 30.4 Å². The first-order valence-electron chi connectivity index (χ1n) is 12.6. The van der Waals surface area contributed by atoms with E-state index in [1.807, 2.05) is 32.3 Å². The molecule has 35 heavy (non-hydrogen) atoms. The lowest BCUT2D eigenvalue weighted by Gasteiger charge is -2.37. The number of hydrogen-bond acceptors (Lipinski definition) is 5. The fourth-order valence-electron chi connectivity index (χ4n) is 4.91. The summed E-state index contributed by atoms with van der Waals surface area (Å²) < 4.78 is 20.0. The number of pyridine rings is 1. The summed E-state index contributed by atoms with van der Waals surface area (Å²) in [4.78, 5) is 22.1. The van der Waals surface area contributed by atoms with Gasteiger partial charge in [0.1, 0.15) is 17.5 Å². The van der Waals surface area contributed by atoms with Crippen LogP contribution in [0.2, 0.25) is 0 Å². The van der Waals surface area contributed by atoms with Crippen molar-refractivity contribution < 1.29 is 19.0 Å². The molecule has 0 saturated carbocycles. The number of carbonyl (C=O) groups excluding carboxylic acids is 1. The Kier molecular flexibility index (Phi) is 8.19. The van der Waals surface area contributed by atoms with Crippen molar-refractivity contribution in [2.45, 2.75) is 58.2 Å².